The van der Waals surface area contributed by atoms with Gasteiger partial charge in [0.25, 0.3) is 0 Å². The van der Waals surface area contributed by atoms with Crippen LogP contribution in [0.15, 0.2) is 180 Å². The first-order valence-corrected chi connectivity index (χ1v) is 20.7. The Kier molecular flexibility index (Phi) is 6.67. The van der Waals surface area contributed by atoms with Gasteiger partial charge in [-0.05, 0) is 97.0 Å². The maximum atomic E-state index is 6.41. The van der Waals surface area contributed by atoms with E-state index in [9.17, 15) is 0 Å². The van der Waals surface area contributed by atoms with Crippen LogP contribution in [0.2, 0.25) is 13.1 Å². The Morgan fingerprint density at radius 3 is 2.02 bits per heavy atom. The molecule has 0 unspecified atom stereocenters. The molecule has 1 aliphatic heterocycles. The van der Waals surface area contributed by atoms with Crippen molar-refractivity contribution in [1.82, 2.24) is 0 Å². The van der Waals surface area contributed by atoms with Crippen LogP contribution < -0.4 is 15.3 Å². The van der Waals surface area contributed by atoms with Crippen molar-refractivity contribution in [2.45, 2.75) is 13.1 Å². The summed E-state index contributed by atoms with van der Waals surface area (Å²) in [6, 6.07) is 64.0. The van der Waals surface area contributed by atoms with Crippen LogP contribution in [-0.2, 0) is 0 Å². The van der Waals surface area contributed by atoms with E-state index in [0.717, 1.165) is 22.5 Å². The number of fused-ring (bicyclic) bond motifs is 8. The molecule has 0 saturated heterocycles. The smallest absolute Gasteiger partial charge is 0.136 e. The highest BCUT2D eigenvalue weighted by atomic mass is 28.3. The number of furan rings is 1. The number of benzene rings is 8. The largest absolute Gasteiger partial charge is 0.456 e. The lowest BCUT2D eigenvalue weighted by molar-refractivity contribution is 0.669. The van der Waals surface area contributed by atoms with Gasteiger partial charge in [0, 0.05) is 27.8 Å². The number of para-hydroxylation sites is 1. The molecule has 0 radical (unpaired) electrons. The zero-order valence-corrected chi connectivity index (χ0v) is 29.6. The molecule has 0 amide bonds. The van der Waals surface area contributed by atoms with Crippen molar-refractivity contribution in [2.24, 2.45) is 0 Å². The van der Waals surface area contributed by atoms with Gasteiger partial charge in [0.2, 0.25) is 0 Å². The quantitative estimate of drug-likeness (QED) is 0.170. The lowest BCUT2D eigenvalue weighted by Gasteiger charge is -2.31. The molecule has 0 spiro atoms. The Morgan fingerprint density at radius 2 is 1.16 bits per heavy atom. The third-order valence-electron chi connectivity index (χ3n) is 10.8. The van der Waals surface area contributed by atoms with Crippen LogP contribution in [0.5, 0.6) is 0 Å². The van der Waals surface area contributed by atoms with Gasteiger partial charge in [0.1, 0.15) is 19.2 Å². The molecular formula is C48H35NOSi. The molecule has 0 fully saturated rings. The lowest BCUT2D eigenvalue weighted by Crippen LogP contribution is -2.50. The van der Waals surface area contributed by atoms with E-state index in [1.54, 1.807) is 0 Å². The highest BCUT2D eigenvalue weighted by molar-refractivity contribution is 7.05. The zero-order valence-electron chi connectivity index (χ0n) is 28.6. The van der Waals surface area contributed by atoms with Crippen LogP contribution in [-0.4, -0.2) is 8.07 Å². The topological polar surface area (TPSA) is 16.4 Å². The minimum atomic E-state index is -2.19. The Bertz CT molecular complexity index is 2770. The molecule has 242 valence electrons. The van der Waals surface area contributed by atoms with E-state index in [4.69, 9.17) is 4.42 Å². The van der Waals surface area contributed by atoms with Crippen molar-refractivity contribution < 1.29 is 4.42 Å². The summed E-state index contributed by atoms with van der Waals surface area (Å²) in [6.45, 7) is 5.02. The van der Waals surface area contributed by atoms with E-state index in [0.29, 0.717) is 0 Å². The van der Waals surface area contributed by atoms with Crippen LogP contribution in [0, 0.1) is 0 Å². The lowest BCUT2D eigenvalue weighted by atomic mass is 9.97. The molecule has 1 aliphatic rings. The minimum absolute atomic E-state index is 0.940. The monoisotopic (exact) mass is 669 g/mol. The predicted octanol–water partition coefficient (Wildman–Crippen LogP) is 12.3. The van der Waals surface area contributed by atoms with Crippen molar-refractivity contribution in [3.05, 3.63) is 176 Å². The van der Waals surface area contributed by atoms with Crippen molar-refractivity contribution in [2.75, 3.05) is 4.90 Å². The Balaban J connectivity index is 1.20. The second-order valence-electron chi connectivity index (χ2n) is 14.1. The van der Waals surface area contributed by atoms with Gasteiger partial charge in [-0.1, -0.05) is 147 Å². The summed E-state index contributed by atoms with van der Waals surface area (Å²) in [4.78, 5) is 2.49. The molecule has 1 aromatic heterocycles. The second-order valence-corrected chi connectivity index (χ2v) is 18.4. The molecule has 3 heteroatoms. The van der Waals surface area contributed by atoms with Gasteiger partial charge in [-0.15, -0.1) is 0 Å². The summed E-state index contributed by atoms with van der Waals surface area (Å²) in [5.41, 5.74) is 12.9. The van der Waals surface area contributed by atoms with Crippen molar-refractivity contribution >= 4 is 68.2 Å². The number of hydrogen-bond acceptors (Lipinski definition) is 2. The van der Waals surface area contributed by atoms with Crippen molar-refractivity contribution in [3.63, 3.8) is 0 Å². The maximum Gasteiger partial charge on any atom is 0.136 e. The van der Waals surface area contributed by atoms with E-state index in [2.05, 4.69) is 194 Å². The fraction of sp³-hybridized carbons (Fsp3) is 0.0417. The summed E-state index contributed by atoms with van der Waals surface area (Å²) in [6.07, 6.45) is 0. The highest BCUT2D eigenvalue weighted by Gasteiger charge is 2.42. The first-order chi connectivity index (χ1) is 25.1. The molecule has 0 bridgehead atoms. The van der Waals surface area contributed by atoms with E-state index in [1.807, 2.05) is 0 Å². The minimum Gasteiger partial charge on any atom is -0.456 e. The molecule has 2 heterocycles. The summed E-state index contributed by atoms with van der Waals surface area (Å²) >= 11 is 0. The molecule has 10 rings (SSSR count). The standard InChI is InChI=1S/C48H35NOSi/c1-51(2)45-30-29-44-46(40-20-8-9-24-43(40)50-44)47(45)41-22-12-23-42(48(41)51)49(37-18-10-17-35(31-37)32-13-4-3-5-14-32)36-27-25-34(26-28-36)39-21-11-16-33-15-6-7-19-38(33)39/h3-31H,1-2H3. The van der Waals surface area contributed by atoms with Gasteiger partial charge >= 0.3 is 0 Å². The van der Waals surface area contributed by atoms with Gasteiger partial charge in [0.05, 0.1) is 0 Å². The number of anilines is 3. The van der Waals surface area contributed by atoms with Crippen LogP contribution in [0.1, 0.15) is 0 Å². The summed E-state index contributed by atoms with van der Waals surface area (Å²) in [5.74, 6) is 0. The molecule has 0 saturated carbocycles. The SMILES string of the molecule is C[Si]1(C)c2ccc3oc4ccccc4c3c2-c2cccc(N(c3ccc(-c4cccc5ccccc45)cc3)c3cccc(-c4ccccc4)c3)c21. The fourth-order valence-electron chi connectivity index (χ4n) is 8.49. The third-order valence-corrected chi connectivity index (χ3v) is 14.4. The fourth-order valence-corrected chi connectivity index (χ4v) is 11.9. The predicted molar refractivity (Wildman–Crippen MR) is 219 cm³/mol. The number of nitrogens with zero attached hydrogens (tertiary/aromatic N) is 1. The summed E-state index contributed by atoms with van der Waals surface area (Å²) in [7, 11) is -2.19. The normalized spacial score (nSPS) is 13.1. The van der Waals surface area contributed by atoms with Gasteiger partial charge < -0.3 is 9.32 Å². The molecule has 0 aliphatic carbocycles. The van der Waals surface area contributed by atoms with Crippen LogP contribution in [0.4, 0.5) is 17.1 Å². The maximum absolute atomic E-state index is 6.41. The first-order valence-electron chi connectivity index (χ1n) is 17.7. The Morgan fingerprint density at radius 1 is 0.471 bits per heavy atom. The van der Waals surface area contributed by atoms with Crippen molar-refractivity contribution in [3.8, 4) is 33.4 Å². The number of rotatable bonds is 5. The zero-order chi connectivity index (χ0) is 34.1. The Hall–Kier alpha value is -6.16. The van der Waals surface area contributed by atoms with E-state index < -0.39 is 8.07 Å². The first kappa shape index (κ1) is 29.7. The van der Waals surface area contributed by atoms with Crippen molar-refractivity contribution in [1.29, 1.82) is 0 Å². The average Bonchev–Trinajstić information content (AvgIpc) is 3.68. The van der Waals surface area contributed by atoms with Crippen LogP contribution in [0.3, 0.4) is 0 Å². The molecule has 51 heavy (non-hydrogen) atoms. The van der Waals surface area contributed by atoms with Crippen LogP contribution >= 0.6 is 0 Å². The molecule has 0 N–H and O–H groups in total. The summed E-state index contributed by atoms with van der Waals surface area (Å²) in [5, 5.41) is 7.86. The molecule has 2 nitrogen and oxygen atoms in total. The second kappa shape index (κ2) is 11.4. The van der Waals surface area contributed by atoms with Gasteiger partial charge in [0.15, 0.2) is 0 Å². The van der Waals surface area contributed by atoms with E-state index in [1.165, 1.54) is 71.0 Å². The van der Waals surface area contributed by atoms with Gasteiger partial charge in [-0.2, -0.15) is 0 Å². The number of hydrogen-bond donors (Lipinski definition) is 0. The molecular weight excluding hydrogens is 635 g/mol. The summed E-state index contributed by atoms with van der Waals surface area (Å²) < 4.78 is 6.41. The molecule has 9 aromatic rings. The van der Waals surface area contributed by atoms with E-state index in [-0.39, 0.29) is 0 Å². The average molecular weight is 670 g/mol. The molecule has 8 aromatic carbocycles. The molecule has 0 atom stereocenters. The Labute approximate surface area is 298 Å². The van der Waals surface area contributed by atoms with E-state index >= 15 is 0 Å². The van der Waals surface area contributed by atoms with Gasteiger partial charge in [-0.3, -0.25) is 0 Å². The third kappa shape index (κ3) is 4.62. The van der Waals surface area contributed by atoms with Gasteiger partial charge in [-0.25, -0.2) is 0 Å². The van der Waals surface area contributed by atoms with Crippen LogP contribution in [0.25, 0.3) is 66.1 Å². The highest BCUT2D eigenvalue weighted by Crippen LogP contribution is 2.44.